The van der Waals surface area contributed by atoms with E-state index in [-0.39, 0.29) is 23.4 Å². The third-order valence-corrected chi connectivity index (χ3v) is 3.95. The smallest absolute Gasteiger partial charge is 0.321 e. The lowest BCUT2D eigenvalue weighted by molar-refractivity contribution is -0.187. The molecule has 1 nitrogen and oxygen atoms in total. The summed E-state index contributed by atoms with van der Waals surface area (Å²) in [7, 11) is 0. The molecule has 1 aromatic rings. The summed E-state index contributed by atoms with van der Waals surface area (Å²) in [6.45, 7) is 0. The number of benzene rings is 1. The van der Waals surface area contributed by atoms with Crippen molar-refractivity contribution in [2.24, 2.45) is 11.7 Å². The molecule has 1 aliphatic rings. The molecule has 2 rings (SSSR count). The lowest BCUT2D eigenvalue weighted by atomic mass is 9.72. The lowest BCUT2D eigenvalue weighted by Crippen LogP contribution is -2.45. The zero-order chi connectivity index (χ0) is 14.3. The first-order valence-corrected chi connectivity index (χ1v) is 6.41. The van der Waals surface area contributed by atoms with Gasteiger partial charge in [-0.3, -0.25) is 0 Å². The van der Waals surface area contributed by atoms with E-state index in [1.165, 1.54) is 12.1 Å². The van der Waals surface area contributed by atoms with Crippen LogP contribution in [-0.4, -0.2) is 6.18 Å². The molecule has 2 atom stereocenters. The summed E-state index contributed by atoms with van der Waals surface area (Å²) in [4.78, 5) is 0. The van der Waals surface area contributed by atoms with Crippen molar-refractivity contribution in [2.45, 2.75) is 37.4 Å². The van der Waals surface area contributed by atoms with Gasteiger partial charge in [-0.2, -0.15) is 13.2 Å². The fraction of sp³-hybridized carbons (Fsp3) is 0.538. The van der Waals surface area contributed by atoms with E-state index in [0.29, 0.717) is 12.8 Å². The topological polar surface area (TPSA) is 26.0 Å². The van der Waals surface area contributed by atoms with Crippen molar-refractivity contribution in [3.63, 3.8) is 0 Å². The van der Waals surface area contributed by atoms with Crippen molar-refractivity contribution in [1.82, 2.24) is 0 Å². The molecule has 2 unspecified atom stereocenters. The minimum Gasteiger partial charge on any atom is -0.321 e. The molecule has 0 heterocycles. The van der Waals surface area contributed by atoms with Crippen LogP contribution >= 0.6 is 11.6 Å². The van der Waals surface area contributed by atoms with Crippen LogP contribution < -0.4 is 5.73 Å². The van der Waals surface area contributed by atoms with Gasteiger partial charge >= 0.3 is 6.18 Å². The van der Waals surface area contributed by atoms with Gasteiger partial charge in [0.1, 0.15) is 5.82 Å². The fourth-order valence-electron chi connectivity index (χ4n) is 2.73. The van der Waals surface area contributed by atoms with Gasteiger partial charge in [-0.05, 0) is 31.4 Å². The highest BCUT2D eigenvalue weighted by molar-refractivity contribution is 6.30. The molecule has 1 aliphatic carbocycles. The van der Waals surface area contributed by atoms with Crippen LogP contribution in [0, 0.1) is 11.7 Å². The normalized spacial score (nSPS) is 28.4. The van der Waals surface area contributed by atoms with Gasteiger partial charge < -0.3 is 5.73 Å². The summed E-state index contributed by atoms with van der Waals surface area (Å²) in [5.74, 6) is -2.11. The van der Waals surface area contributed by atoms with Crippen LogP contribution in [0.5, 0.6) is 0 Å². The lowest BCUT2D eigenvalue weighted by Gasteiger charge is -2.39. The summed E-state index contributed by atoms with van der Waals surface area (Å²) >= 11 is 5.64. The Balaban J connectivity index is 2.31. The third-order valence-electron chi connectivity index (χ3n) is 3.72. The van der Waals surface area contributed by atoms with Crippen LogP contribution in [0.3, 0.4) is 0 Å². The van der Waals surface area contributed by atoms with Crippen LogP contribution in [0.1, 0.15) is 31.2 Å². The molecule has 0 spiro atoms. The maximum absolute atomic E-state index is 13.9. The van der Waals surface area contributed by atoms with Crippen LogP contribution in [0.15, 0.2) is 18.2 Å². The molecule has 106 valence electrons. The van der Waals surface area contributed by atoms with Crippen molar-refractivity contribution in [1.29, 1.82) is 0 Å². The average molecular weight is 296 g/mol. The van der Waals surface area contributed by atoms with E-state index >= 15 is 0 Å². The maximum Gasteiger partial charge on any atom is 0.391 e. The van der Waals surface area contributed by atoms with E-state index in [1.54, 1.807) is 0 Å². The molecule has 0 aromatic heterocycles. The van der Waals surface area contributed by atoms with Crippen molar-refractivity contribution >= 4 is 11.6 Å². The van der Waals surface area contributed by atoms with Crippen LogP contribution in [0.4, 0.5) is 17.6 Å². The number of hydrogen-bond acceptors (Lipinski definition) is 1. The summed E-state index contributed by atoms with van der Waals surface area (Å²) in [5, 5.41) is 0.202. The Morgan fingerprint density at radius 2 is 2.00 bits per heavy atom. The van der Waals surface area contributed by atoms with Crippen molar-refractivity contribution in [3.8, 4) is 0 Å². The monoisotopic (exact) mass is 295 g/mol. The zero-order valence-electron chi connectivity index (χ0n) is 10.1. The van der Waals surface area contributed by atoms with Crippen molar-refractivity contribution < 1.29 is 17.6 Å². The average Bonchev–Trinajstić information content (AvgIpc) is 2.27. The van der Waals surface area contributed by atoms with Crippen molar-refractivity contribution in [2.75, 3.05) is 0 Å². The molecule has 0 aliphatic heterocycles. The summed E-state index contributed by atoms with van der Waals surface area (Å²) in [6.07, 6.45) is -3.83. The van der Waals surface area contributed by atoms with Gasteiger partial charge in [0.25, 0.3) is 0 Å². The van der Waals surface area contributed by atoms with E-state index in [0.717, 1.165) is 6.07 Å². The number of hydrogen-bond donors (Lipinski definition) is 1. The Kier molecular flexibility index (Phi) is 3.80. The molecular formula is C13H14ClF4N. The molecule has 1 aromatic carbocycles. The van der Waals surface area contributed by atoms with E-state index < -0.39 is 23.5 Å². The molecular weight excluding hydrogens is 282 g/mol. The molecule has 1 fully saturated rings. The van der Waals surface area contributed by atoms with Gasteiger partial charge in [0, 0.05) is 16.1 Å². The number of rotatable bonds is 1. The van der Waals surface area contributed by atoms with E-state index in [2.05, 4.69) is 0 Å². The number of alkyl halides is 3. The number of halogens is 5. The second-order valence-corrected chi connectivity index (χ2v) is 5.55. The van der Waals surface area contributed by atoms with Gasteiger partial charge in [0.05, 0.1) is 5.92 Å². The highest BCUT2D eigenvalue weighted by atomic mass is 35.5. The van der Waals surface area contributed by atoms with E-state index in [9.17, 15) is 17.6 Å². The predicted molar refractivity (Wildman–Crippen MR) is 65.3 cm³/mol. The molecule has 0 amide bonds. The Hall–Kier alpha value is -0.810. The second kappa shape index (κ2) is 4.94. The van der Waals surface area contributed by atoms with Gasteiger partial charge in [0.15, 0.2) is 0 Å². The minimum atomic E-state index is -4.28. The molecule has 2 N–H and O–H groups in total. The maximum atomic E-state index is 13.9. The summed E-state index contributed by atoms with van der Waals surface area (Å²) in [6, 6.07) is 3.92. The quantitative estimate of drug-likeness (QED) is 0.764. The molecule has 6 heteroatoms. The van der Waals surface area contributed by atoms with Gasteiger partial charge in [-0.15, -0.1) is 0 Å². The number of nitrogens with two attached hydrogens (primary N) is 1. The minimum absolute atomic E-state index is 0.0532. The fourth-order valence-corrected chi connectivity index (χ4v) is 2.88. The Bertz CT molecular complexity index is 474. The van der Waals surface area contributed by atoms with Crippen LogP contribution in [0.2, 0.25) is 5.02 Å². The Morgan fingerprint density at radius 1 is 1.32 bits per heavy atom. The largest absolute Gasteiger partial charge is 0.391 e. The van der Waals surface area contributed by atoms with Gasteiger partial charge in [-0.25, -0.2) is 4.39 Å². The molecule has 19 heavy (non-hydrogen) atoms. The highest BCUT2D eigenvalue weighted by Crippen LogP contribution is 2.45. The first-order chi connectivity index (χ1) is 8.72. The van der Waals surface area contributed by atoms with E-state index in [4.69, 9.17) is 17.3 Å². The zero-order valence-corrected chi connectivity index (χ0v) is 10.9. The van der Waals surface area contributed by atoms with Crippen molar-refractivity contribution in [3.05, 3.63) is 34.6 Å². The Labute approximate surface area is 113 Å². The second-order valence-electron chi connectivity index (χ2n) is 5.12. The third kappa shape index (κ3) is 3.03. The first-order valence-electron chi connectivity index (χ1n) is 6.03. The van der Waals surface area contributed by atoms with E-state index in [1.807, 2.05) is 0 Å². The standard InChI is InChI=1S/C13H14ClF4N/c14-9-3-4-10(11(15)6-9)12(19)5-1-2-8(7-12)13(16,17)18/h3-4,6,8H,1-2,5,7,19H2. The first kappa shape index (κ1) is 14.6. The molecule has 1 saturated carbocycles. The Morgan fingerprint density at radius 3 is 2.58 bits per heavy atom. The summed E-state index contributed by atoms with van der Waals surface area (Å²) in [5.41, 5.74) is 4.88. The predicted octanol–water partition coefficient (Wildman–Crippen LogP) is 4.39. The molecule has 0 radical (unpaired) electrons. The van der Waals surface area contributed by atoms with Gasteiger partial charge in [0.2, 0.25) is 0 Å². The van der Waals surface area contributed by atoms with Crippen LogP contribution in [0.25, 0.3) is 0 Å². The van der Waals surface area contributed by atoms with Crippen LogP contribution in [-0.2, 0) is 5.54 Å². The summed E-state index contributed by atoms with van der Waals surface area (Å²) < 4.78 is 52.2. The molecule has 0 bridgehead atoms. The SMILES string of the molecule is NC1(c2ccc(Cl)cc2F)CCCC(C(F)(F)F)C1. The van der Waals surface area contributed by atoms with Gasteiger partial charge in [-0.1, -0.05) is 24.1 Å². The highest BCUT2D eigenvalue weighted by Gasteiger charge is 2.47. The molecule has 0 saturated heterocycles.